The summed E-state index contributed by atoms with van der Waals surface area (Å²) in [5, 5.41) is 0. The molecule has 4 rings (SSSR count). The van der Waals surface area contributed by atoms with Crippen molar-refractivity contribution in [2.75, 3.05) is 31.6 Å². The fraction of sp³-hybridized carbons (Fsp3) is 0.429. The number of carbonyl (C=O) groups excluding carboxylic acids is 1. The number of aryl methyl sites for hydroxylation is 1. The number of hydrogen-bond donors (Lipinski definition) is 0. The minimum absolute atomic E-state index is 0.0440. The molecule has 2 saturated heterocycles. The first-order valence-corrected chi connectivity index (χ1v) is 9.26. The van der Waals surface area contributed by atoms with Gasteiger partial charge in [0.25, 0.3) is 0 Å². The molecule has 0 radical (unpaired) electrons. The number of aromatic nitrogens is 1. The minimum Gasteiger partial charge on any atom is -0.493 e. The number of likely N-dealkylation sites (tertiary alicyclic amines) is 1. The fourth-order valence-corrected chi connectivity index (χ4v) is 4.72. The van der Waals surface area contributed by atoms with E-state index in [-0.39, 0.29) is 23.7 Å². The highest BCUT2D eigenvalue weighted by Crippen LogP contribution is 2.47. The van der Waals surface area contributed by atoms with Crippen LogP contribution in [0.1, 0.15) is 24.2 Å². The number of anilines is 1. The maximum absolute atomic E-state index is 13.8. The monoisotopic (exact) mass is 369 g/mol. The first-order chi connectivity index (χ1) is 13.0. The second-order valence-electron chi connectivity index (χ2n) is 7.45. The van der Waals surface area contributed by atoms with E-state index < -0.39 is 0 Å². The lowest BCUT2D eigenvalue weighted by Crippen LogP contribution is -2.34. The SMILES string of the molecule is COc1c(N2C[C@@H]3CN(C(C)=O)[C@@H](c4cccc(F)c4)[C@@H]3C2)ccnc1C. The molecule has 0 N–H and O–H groups in total. The van der Waals surface area contributed by atoms with Crippen LogP contribution in [-0.2, 0) is 4.79 Å². The van der Waals surface area contributed by atoms with Gasteiger partial charge in [-0.25, -0.2) is 4.39 Å². The van der Waals surface area contributed by atoms with Crippen LogP contribution in [0.5, 0.6) is 5.75 Å². The summed E-state index contributed by atoms with van der Waals surface area (Å²) in [6.07, 6.45) is 1.80. The molecule has 2 aromatic rings. The third-order valence-corrected chi connectivity index (χ3v) is 5.87. The summed E-state index contributed by atoms with van der Waals surface area (Å²) in [6, 6.07) is 8.53. The zero-order chi connectivity index (χ0) is 19.1. The summed E-state index contributed by atoms with van der Waals surface area (Å²) in [5.74, 6) is 1.18. The van der Waals surface area contributed by atoms with E-state index in [1.54, 1.807) is 32.4 Å². The van der Waals surface area contributed by atoms with Gasteiger partial charge in [-0.1, -0.05) is 12.1 Å². The molecule has 27 heavy (non-hydrogen) atoms. The van der Waals surface area contributed by atoms with E-state index in [4.69, 9.17) is 4.74 Å². The number of benzene rings is 1. The summed E-state index contributed by atoms with van der Waals surface area (Å²) in [7, 11) is 1.66. The van der Waals surface area contributed by atoms with Crippen LogP contribution in [0.2, 0.25) is 0 Å². The third kappa shape index (κ3) is 3.03. The summed E-state index contributed by atoms with van der Waals surface area (Å²) in [6.45, 7) is 5.88. The van der Waals surface area contributed by atoms with Gasteiger partial charge in [-0.15, -0.1) is 0 Å². The molecular weight excluding hydrogens is 345 g/mol. The second kappa shape index (κ2) is 6.83. The van der Waals surface area contributed by atoms with Crippen molar-refractivity contribution in [1.82, 2.24) is 9.88 Å². The number of pyridine rings is 1. The fourth-order valence-electron chi connectivity index (χ4n) is 4.72. The highest BCUT2D eigenvalue weighted by Gasteiger charge is 2.48. The van der Waals surface area contributed by atoms with Gasteiger partial charge in [-0.2, -0.15) is 0 Å². The number of hydrogen-bond acceptors (Lipinski definition) is 4. The Morgan fingerprint density at radius 2 is 2.07 bits per heavy atom. The first kappa shape index (κ1) is 17.8. The van der Waals surface area contributed by atoms with Crippen molar-refractivity contribution < 1.29 is 13.9 Å². The second-order valence-corrected chi connectivity index (χ2v) is 7.45. The Bertz CT molecular complexity index is 872. The highest BCUT2D eigenvalue weighted by atomic mass is 19.1. The molecule has 0 unspecified atom stereocenters. The number of halogens is 1. The molecule has 1 amide bonds. The average Bonchev–Trinajstić information content (AvgIpc) is 3.19. The Morgan fingerprint density at radius 3 is 2.78 bits per heavy atom. The maximum Gasteiger partial charge on any atom is 0.219 e. The van der Waals surface area contributed by atoms with Gasteiger partial charge in [0.05, 0.1) is 24.5 Å². The molecule has 1 aromatic carbocycles. The highest BCUT2D eigenvalue weighted by molar-refractivity contribution is 5.74. The zero-order valence-corrected chi connectivity index (χ0v) is 15.9. The van der Waals surface area contributed by atoms with Crippen molar-refractivity contribution in [2.45, 2.75) is 19.9 Å². The van der Waals surface area contributed by atoms with Crippen LogP contribution >= 0.6 is 0 Å². The zero-order valence-electron chi connectivity index (χ0n) is 15.9. The Hall–Kier alpha value is -2.63. The molecule has 2 fully saturated rings. The van der Waals surface area contributed by atoms with Gasteiger partial charge >= 0.3 is 0 Å². The summed E-state index contributed by atoms with van der Waals surface area (Å²) in [5.41, 5.74) is 2.77. The predicted molar refractivity (Wildman–Crippen MR) is 101 cm³/mol. The lowest BCUT2D eigenvalue weighted by Gasteiger charge is -2.30. The Labute approximate surface area is 158 Å². The summed E-state index contributed by atoms with van der Waals surface area (Å²) >= 11 is 0. The molecule has 1 aromatic heterocycles. The van der Waals surface area contributed by atoms with Gasteiger partial charge in [-0.3, -0.25) is 9.78 Å². The number of fused-ring (bicyclic) bond motifs is 1. The molecule has 142 valence electrons. The Morgan fingerprint density at radius 1 is 1.26 bits per heavy atom. The smallest absolute Gasteiger partial charge is 0.219 e. The van der Waals surface area contributed by atoms with E-state index in [1.807, 2.05) is 24.0 Å². The van der Waals surface area contributed by atoms with Gasteiger partial charge in [-0.05, 0) is 30.7 Å². The Kier molecular flexibility index (Phi) is 4.50. The van der Waals surface area contributed by atoms with E-state index in [0.717, 1.165) is 35.8 Å². The van der Waals surface area contributed by atoms with E-state index in [0.29, 0.717) is 12.5 Å². The van der Waals surface area contributed by atoms with Crippen LogP contribution in [-0.4, -0.2) is 42.5 Å². The molecule has 0 aliphatic carbocycles. The molecule has 5 nitrogen and oxygen atoms in total. The molecule has 2 aliphatic heterocycles. The number of nitrogens with zero attached hydrogens (tertiary/aromatic N) is 3. The lowest BCUT2D eigenvalue weighted by atomic mass is 9.89. The van der Waals surface area contributed by atoms with E-state index in [9.17, 15) is 9.18 Å². The predicted octanol–water partition coefficient (Wildman–Crippen LogP) is 3.19. The van der Waals surface area contributed by atoms with Crippen LogP contribution in [0.25, 0.3) is 0 Å². The van der Waals surface area contributed by atoms with Gasteiger partial charge in [0.2, 0.25) is 5.91 Å². The largest absolute Gasteiger partial charge is 0.493 e. The van der Waals surface area contributed by atoms with Gasteiger partial charge in [0.15, 0.2) is 5.75 Å². The summed E-state index contributed by atoms with van der Waals surface area (Å²) < 4.78 is 19.4. The van der Waals surface area contributed by atoms with Crippen molar-refractivity contribution in [3.8, 4) is 5.75 Å². The topological polar surface area (TPSA) is 45.7 Å². The van der Waals surface area contributed by atoms with Crippen molar-refractivity contribution in [3.63, 3.8) is 0 Å². The van der Waals surface area contributed by atoms with Gasteiger partial charge in [0, 0.05) is 44.6 Å². The van der Waals surface area contributed by atoms with E-state index in [2.05, 4.69) is 9.88 Å². The average molecular weight is 369 g/mol. The number of rotatable bonds is 3. The number of ether oxygens (including phenoxy) is 1. The standard InChI is InChI=1S/C21H24FN3O2/c1-13-21(27-3)19(7-8-23-13)24-10-16-11-25(14(2)26)20(18(16)12-24)15-5-4-6-17(22)9-15/h4-9,16,18,20H,10-12H2,1-3H3/t16-,18-,20+/m1/s1. The van der Waals surface area contributed by atoms with Gasteiger partial charge < -0.3 is 14.5 Å². The maximum atomic E-state index is 13.8. The van der Waals surface area contributed by atoms with Crippen molar-refractivity contribution in [3.05, 3.63) is 53.6 Å². The normalized spacial score (nSPS) is 24.2. The van der Waals surface area contributed by atoms with Crippen LogP contribution in [0.4, 0.5) is 10.1 Å². The molecule has 0 spiro atoms. The number of carbonyl (C=O) groups is 1. The van der Waals surface area contributed by atoms with Gasteiger partial charge in [0.1, 0.15) is 5.82 Å². The van der Waals surface area contributed by atoms with Crippen molar-refractivity contribution in [2.24, 2.45) is 11.8 Å². The van der Waals surface area contributed by atoms with Crippen molar-refractivity contribution in [1.29, 1.82) is 0 Å². The van der Waals surface area contributed by atoms with Crippen LogP contribution in [0.15, 0.2) is 36.5 Å². The Balaban J connectivity index is 1.67. The van der Waals surface area contributed by atoms with Crippen LogP contribution in [0, 0.1) is 24.6 Å². The van der Waals surface area contributed by atoms with Crippen molar-refractivity contribution >= 4 is 11.6 Å². The number of methoxy groups -OCH3 is 1. The first-order valence-electron chi connectivity index (χ1n) is 9.26. The van der Waals surface area contributed by atoms with Crippen LogP contribution in [0.3, 0.4) is 0 Å². The molecule has 0 bridgehead atoms. The quantitative estimate of drug-likeness (QED) is 0.834. The van der Waals surface area contributed by atoms with E-state index >= 15 is 0 Å². The van der Waals surface area contributed by atoms with E-state index in [1.165, 1.54) is 6.07 Å². The molecule has 3 atom stereocenters. The lowest BCUT2D eigenvalue weighted by molar-refractivity contribution is -0.130. The van der Waals surface area contributed by atoms with Crippen LogP contribution < -0.4 is 9.64 Å². The number of amides is 1. The molecule has 6 heteroatoms. The summed E-state index contributed by atoms with van der Waals surface area (Å²) in [4.78, 5) is 20.8. The molecule has 0 saturated carbocycles. The minimum atomic E-state index is -0.263. The molecule has 2 aliphatic rings. The third-order valence-electron chi connectivity index (χ3n) is 5.87. The molecular formula is C21H24FN3O2. The molecule has 3 heterocycles.